The molecule has 0 rings (SSSR count). The van der Waals surface area contributed by atoms with Crippen LogP contribution in [0.5, 0.6) is 0 Å². The summed E-state index contributed by atoms with van der Waals surface area (Å²) in [6.45, 7) is 10.2. The number of rotatable bonds is 10. The minimum absolute atomic E-state index is 0.777. The Kier molecular flexibility index (Phi) is 10.4. The van der Waals surface area contributed by atoms with E-state index in [0.717, 1.165) is 18.5 Å². The first-order chi connectivity index (χ1) is 7.20. The summed E-state index contributed by atoms with van der Waals surface area (Å²) in [6.07, 6.45) is 9.68. The molecule has 0 bridgehead atoms. The number of hydrogen-bond acceptors (Lipinski definition) is 1. The molecule has 0 aliphatic heterocycles. The summed E-state index contributed by atoms with van der Waals surface area (Å²) in [5, 5.41) is 3.58. The zero-order valence-corrected chi connectivity index (χ0v) is 11.3. The van der Waals surface area contributed by atoms with Gasteiger partial charge in [0.1, 0.15) is 0 Å². The molecule has 0 spiro atoms. The minimum Gasteiger partial charge on any atom is -0.314 e. The molecule has 0 radical (unpaired) electrons. The standard InChI is InChI=1S/C14H31N/c1-5-10-14(15-6-2)12-9-7-8-11-13(3)4/h13-15H,5-12H2,1-4H3. The highest BCUT2D eigenvalue weighted by Gasteiger charge is 2.05. The van der Waals surface area contributed by atoms with Gasteiger partial charge in [0.15, 0.2) is 0 Å². The van der Waals surface area contributed by atoms with Gasteiger partial charge in [0.05, 0.1) is 0 Å². The topological polar surface area (TPSA) is 12.0 Å². The van der Waals surface area contributed by atoms with E-state index in [1.807, 2.05) is 0 Å². The fourth-order valence-electron chi connectivity index (χ4n) is 2.11. The molecule has 0 saturated carbocycles. The Bertz CT molecular complexity index is 115. The lowest BCUT2D eigenvalue weighted by Crippen LogP contribution is -2.28. The Morgan fingerprint density at radius 2 is 1.53 bits per heavy atom. The Hall–Kier alpha value is -0.0400. The number of hydrogen-bond donors (Lipinski definition) is 1. The van der Waals surface area contributed by atoms with Crippen molar-refractivity contribution in [2.24, 2.45) is 5.92 Å². The van der Waals surface area contributed by atoms with Crippen molar-refractivity contribution >= 4 is 0 Å². The molecule has 0 aliphatic rings. The summed E-state index contributed by atoms with van der Waals surface area (Å²) in [5.74, 6) is 0.880. The molecule has 0 fully saturated rings. The van der Waals surface area contributed by atoms with Crippen LogP contribution < -0.4 is 5.32 Å². The van der Waals surface area contributed by atoms with E-state index in [0.29, 0.717) is 0 Å². The summed E-state index contributed by atoms with van der Waals surface area (Å²) in [5.41, 5.74) is 0. The summed E-state index contributed by atoms with van der Waals surface area (Å²) >= 11 is 0. The molecule has 0 saturated heterocycles. The summed E-state index contributed by atoms with van der Waals surface area (Å²) < 4.78 is 0. The first-order valence-corrected chi connectivity index (χ1v) is 6.94. The van der Waals surface area contributed by atoms with Gasteiger partial charge >= 0.3 is 0 Å². The maximum Gasteiger partial charge on any atom is 0.00668 e. The molecule has 0 aromatic carbocycles. The maximum atomic E-state index is 3.58. The second-order valence-electron chi connectivity index (χ2n) is 5.08. The van der Waals surface area contributed by atoms with E-state index in [9.17, 15) is 0 Å². The van der Waals surface area contributed by atoms with Gasteiger partial charge in [0, 0.05) is 6.04 Å². The molecule has 0 amide bonds. The molecular weight excluding hydrogens is 182 g/mol. The van der Waals surface area contributed by atoms with Crippen LogP contribution in [0.1, 0.15) is 72.6 Å². The van der Waals surface area contributed by atoms with Crippen molar-refractivity contribution in [3.63, 3.8) is 0 Å². The van der Waals surface area contributed by atoms with Crippen molar-refractivity contribution in [3.05, 3.63) is 0 Å². The molecule has 0 heterocycles. The lowest BCUT2D eigenvalue weighted by atomic mass is 10.0. The molecular formula is C14H31N. The minimum atomic E-state index is 0.777. The van der Waals surface area contributed by atoms with Crippen LogP contribution in [0.3, 0.4) is 0 Å². The average molecular weight is 213 g/mol. The molecule has 92 valence electrons. The van der Waals surface area contributed by atoms with Gasteiger partial charge in [-0.3, -0.25) is 0 Å². The highest BCUT2D eigenvalue weighted by molar-refractivity contribution is 4.65. The molecule has 0 aromatic heterocycles. The van der Waals surface area contributed by atoms with Crippen molar-refractivity contribution < 1.29 is 0 Å². The molecule has 1 atom stereocenters. The fourth-order valence-corrected chi connectivity index (χ4v) is 2.11. The van der Waals surface area contributed by atoms with E-state index < -0.39 is 0 Å². The molecule has 1 heteroatoms. The van der Waals surface area contributed by atoms with E-state index >= 15 is 0 Å². The van der Waals surface area contributed by atoms with Crippen LogP contribution in [-0.2, 0) is 0 Å². The van der Waals surface area contributed by atoms with Crippen molar-refractivity contribution in [3.8, 4) is 0 Å². The SMILES string of the molecule is CCCC(CCCCCC(C)C)NCC. The first kappa shape index (κ1) is 15.0. The Morgan fingerprint density at radius 1 is 0.867 bits per heavy atom. The van der Waals surface area contributed by atoms with Gasteiger partial charge in [0.25, 0.3) is 0 Å². The molecule has 0 aliphatic carbocycles. The molecule has 1 unspecified atom stereocenters. The van der Waals surface area contributed by atoms with Gasteiger partial charge in [-0.25, -0.2) is 0 Å². The number of nitrogens with one attached hydrogen (secondary N) is 1. The van der Waals surface area contributed by atoms with Crippen molar-refractivity contribution in [2.75, 3.05) is 6.54 Å². The highest BCUT2D eigenvalue weighted by atomic mass is 14.9. The fraction of sp³-hybridized carbons (Fsp3) is 1.00. The first-order valence-electron chi connectivity index (χ1n) is 6.94. The monoisotopic (exact) mass is 213 g/mol. The van der Waals surface area contributed by atoms with Crippen LogP contribution in [0.15, 0.2) is 0 Å². The van der Waals surface area contributed by atoms with Crippen LogP contribution in [-0.4, -0.2) is 12.6 Å². The summed E-state index contributed by atoms with van der Waals surface area (Å²) in [6, 6.07) is 0.777. The van der Waals surface area contributed by atoms with E-state index in [1.54, 1.807) is 0 Å². The van der Waals surface area contributed by atoms with Crippen LogP contribution >= 0.6 is 0 Å². The predicted molar refractivity (Wildman–Crippen MR) is 70.3 cm³/mol. The third-order valence-corrected chi connectivity index (χ3v) is 2.96. The largest absolute Gasteiger partial charge is 0.314 e. The Balaban J connectivity index is 3.36. The van der Waals surface area contributed by atoms with Gasteiger partial charge in [0.2, 0.25) is 0 Å². The molecule has 1 nitrogen and oxygen atoms in total. The highest BCUT2D eigenvalue weighted by Crippen LogP contribution is 2.12. The van der Waals surface area contributed by atoms with E-state index in [-0.39, 0.29) is 0 Å². The van der Waals surface area contributed by atoms with E-state index in [1.165, 1.54) is 44.9 Å². The molecule has 1 N–H and O–H groups in total. The van der Waals surface area contributed by atoms with Crippen molar-refractivity contribution in [2.45, 2.75) is 78.7 Å². The summed E-state index contributed by atoms with van der Waals surface area (Å²) in [4.78, 5) is 0. The van der Waals surface area contributed by atoms with Crippen molar-refractivity contribution in [1.82, 2.24) is 5.32 Å². The summed E-state index contributed by atoms with van der Waals surface area (Å²) in [7, 11) is 0. The lowest BCUT2D eigenvalue weighted by Gasteiger charge is -2.16. The number of unbranched alkanes of at least 4 members (excludes halogenated alkanes) is 2. The van der Waals surface area contributed by atoms with Gasteiger partial charge < -0.3 is 5.32 Å². The molecule has 15 heavy (non-hydrogen) atoms. The predicted octanol–water partition coefficient (Wildman–Crippen LogP) is 4.37. The van der Waals surface area contributed by atoms with Gasteiger partial charge in [-0.05, 0) is 25.3 Å². The zero-order valence-electron chi connectivity index (χ0n) is 11.3. The molecule has 0 aromatic rings. The van der Waals surface area contributed by atoms with Gasteiger partial charge in [-0.2, -0.15) is 0 Å². The Labute approximate surface area is 97.0 Å². The average Bonchev–Trinajstić information content (AvgIpc) is 2.17. The second-order valence-corrected chi connectivity index (χ2v) is 5.08. The quantitative estimate of drug-likeness (QED) is 0.531. The van der Waals surface area contributed by atoms with E-state index in [2.05, 4.69) is 33.0 Å². The smallest absolute Gasteiger partial charge is 0.00668 e. The third-order valence-electron chi connectivity index (χ3n) is 2.96. The van der Waals surface area contributed by atoms with Crippen LogP contribution in [0.4, 0.5) is 0 Å². The third kappa shape index (κ3) is 10.2. The zero-order chi connectivity index (χ0) is 11.5. The second kappa shape index (κ2) is 10.5. The maximum absolute atomic E-state index is 3.58. The Morgan fingerprint density at radius 3 is 2.07 bits per heavy atom. The van der Waals surface area contributed by atoms with Crippen LogP contribution in [0.25, 0.3) is 0 Å². The van der Waals surface area contributed by atoms with E-state index in [4.69, 9.17) is 0 Å². The van der Waals surface area contributed by atoms with Gasteiger partial charge in [-0.15, -0.1) is 0 Å². The lowest BCUT2D eigenvalue weighted by molar-refractivity contribution is 0.429. The van der Waals surface area contributed by atoms with Crippen molar-refractivity contribution in [1.29, 1.82) is 0 Å². The normalized spacial score (nSPS) is 13.4. The van der Waals surface area contributed by atoms with Gasteiger partial charge in [-0.1, -0.05) is 59.8 Å². The van der Waals surface area contributed by atoms with Crippen LogP contribution in [0.2, 0.25) is 0 Å². The van der Waals surface area contributed by atoms with Crippen LogP contribution in [0, 0.1) is 5.92 Å².